The number of thioether (sulfide) groups is 1. The molecule has 1 aliphatic heterocycles. The first-order valence-electron chi connectivity index (χ1n) is 11.1. The van der Waals surface area contributed by atoms with Gasteiger partial charge in [-0.25, -0.2) is 0 Å². The van der Waals surface area contributed by atoms with Crippen molar-refractivity contribution >= 4 is 46.0 Å². The maximum atomic E-state index is 13.2. The monoisotopic (exact) mass is 478 g/mol. The molecule has 0 spiro atoms. The Morgan fingerprint density at radius 2 is 2.16 bits per heavy atom. The van der Waals surface area contributed by atoms with E-state index in [9.17, 15) is 14.7 Å². The van der Waals surface area contributed by atoms with E-state index >= 15 is 0 Å². The van der Waals surface area contributed by atoms with E-state index in [4.69, 9.17) is 16.3 Å². The number of likely N-dealkylation sites (tertiary alicyclic amines) is 1. The number of ether oxygens (including phenoxy) is 1. The van der Waals surface area contributed by atoms with Gasteiger partial charge in [-0.15, -0.1) is 0 Å². The van der Waals surface area contributed by atoms with E-state index in [0.29, 0.717) is 40.2 Å². The second-order valence-corrected chi connectivity index (χ2v) is 9.86. The highest BCUT2D eigenvalue weighted by Crippen LogP contribution is 2.32. The number of halogens is 1. The first kappa shape index (κ1) is 24.8. The van der Waals surface area contributed by atoms with Crippen LogP contribution in [-0.4, -0.2) is 65.0 Å². The number of aliphatic carboxylic acids is 1. The van der Waals surface area contributed by atoms with Gasteiger partial charge >= 0.3 is 5.97 Å². The molecule has 6 nitrogen and oxygen atoms in total. The van der Waals surface area contributed by atoms with Crippen LogP contribution in [0.25, 0.3) is 10.9 Å². The van der Waals surface area contributed by atoms with E-state index < -0.39 is 11.9 Å². The summed E-state index contributed by atoms with van der Waals surface area (Å²) in [5, 5.41) is 10.8. The quantitative estimate of drug-likeness (QED) is 0.358. The lowest BCUT2D eigenvalue weighted by Gasteiger charge is -2.36. The summed E-state index contributed by atoms with van der Waals surface area (Å²) in [5.74, 6) is 1.48. The molecule has 32 heavy (non-hydrogen) atoms. The number of carboxylic acids is 1. The molecule has 1 saturated heterocycles. The number of piperidine rings is 1. The molecule has 1 N–H and O–H groups in total. The van der Waals surface area contributed by atoms with Crippen LogP contribution in [0.15, 0.2) is 24.4 Å². The molecule has 0 aliphatic carbocycles. The Labute approximate surface area is 198 Å². The van der Waals surface area contributed by atoms with Gasteiger partial charge in [-0.05, 0) is 55.7 Å². The van der Waals surface area contributed by atoms with Crippen LogP contribution in [0.1, 0.15) is 43.0 Å². The van der Waals surface area contributed by atoms with E-state index in [1.54, 1.807) is 25.3 Å². The van der Waals surface area contributed by atoms with Crippen molar-refractivity contribution in [2.24, 2.45) is 11.8 Å². The summed E-state index contributed by atoms with van der Waals surface area (Å²) in [6.45, 7) is 4.52. The summed E-state index contributed by atoms with van der Waals surface area (Å²) in [6, 6.07) is 5.37. The minimum atomic E-state index is -0.773. The first-order chi connectivity index (χ1) is 15.4. The number of carboxylic acid groups (broad SMARTS) is 1. The molecule has 0 bridgehead atoms. The number of ketones is 1. The van der Waals surface area contributed by atoms with Crippen LogP contribution in [-0.2, 0) is 4.79 Å². The normalized spacial score (nSPS) is 19.2. The van der Waals surface area contributed by atoms with Gasteiger partial charge in [0.15, 0.2) is 5.78 Å². The third kappa shape index (κ3) is 6.15. The smallest absolute Gasteiger partial charge is 0.308 e. The largest absolute Gasteiger partial charge is 0.497 e. The molecule has 8 heteroatoms. The third-order valence-electron chi connectivity index (χ3n) is 6.11. The lowest BCUT2D eigenvalue weighted by molar-refractivity contribution is -0.146. The average molecular weight is 479 g/mol. The minimum absolute atomic E-state index is 0.0163. The summed E-state index contributed by atoms with van der Waals surface area (Å²) in [4.78, 5) is 31.6. The molecule has 2 atom stereocenters. The van der Waals surface area contributed by atoms with Crippen LogP contribution in [0.2, 0.25) is 5.02 Å². The van der Waals surface area contributed by atoms with Gasteiger partial charge in [-0.3, -0.25) is 14.6 Å². The van der Waals surface area contributed by atoms with Crippen molar-refractivity contribution in [3.8, 4) is 5.75 Å². The van der Waals surface area contributed by atoms with Crippen molar-refractivity contribution in [3.63, 3.8) is 0 Å². The maximum Gasteiger partial charge on any atom is 0.308 e. The fraction of sp³-hybridized carbons (Fsp3) is 0.542. The topological polar surface area (TPSA) is 79.7 Å². The second-order valence-electron chi connectivity index (χ2n) is 8.23. The number of carbonyl (C=O) groups excluding carboxylic acids is 1. The first-order valence-corrected chi connectivity index (χ1v) is 12.7. The van der Waals surface area contributed by atoms with E-state index in [2.05, 4.69) is 16.8 Å². The molecule has 1 aromatic heterocycles. The summed E-state index contributed by atoms with van der Waals surface area (Å²) in [6.07, 6.45) is 4.25. The van der Waals surface area contributed by atoms with Crippen molar-refractivity contribution < 1.29 is 19.4 Å². The Hall–Kier alpha value is -1.83. The van der Waals surface area contributed by atoms with E-state index in [0.717, 1.165) is 37.4 Å². The highest BCUT2D eigenvalue weighted by molar-refractivity contribution is 7.99. The number of Topliss-reactive ketones (excluding diaryl/α,β-unsaturated/α-hetero) is 1. The van der Waals surface area contributed by atoms with Crippen molar-refractivity contribution in [2.45, 2.75) is 32.6 Å². The van der Waals surface area contributed by atoms with Crippen molar-refractivity contribution in [3.05, 3.63) is 35.0 Å². The molecular weight excluding hydrogens is 448 g/mol. The molecule has 0 radical (unpaired) electrons. The van der Waals surface area contributed by atoms with Gasteiger partial charge in [0.1, 0.15) is 5.75 Å². The highest BCUT2D eigenvalue weighted by Gasteiger charge is 2.34. The Morgan fingerprint density at radius 3 is 2.88 bits per heavy atom. The Balaban J connectivity index is 1.66. The van der Waals surface area contributed by atoms with Gasteiger partial charge < -0.3 is 14.7 Å². The van der Waals surface area contributed by atoms with E-state index in [-0.39, 0.29) is 18.1 Å². The zero-order chi connectivity index (χ0) is 23.1. The molecule has 1 fully saturated rings. The molecule has 3 rings (SSSR count). The lowest BCUT2D eigenvalue weighted by Crippen LogP contribution is -2.44. The average Bonchev–Trinajstić information content (AvgIpc) is 2.80. The van der Waals surface area contributed by atoms with Gasteiger partial charge in [0.25, 0.3) is 0 Å². The second kappa shape index (κ2) is 11.9. The molecule has 0 unspecified atom stereocenters. The van der Waals surface area contributed by atoms with Gasteiger partial charge in [-0.1, -0.05) is 18.5 Å². The number of nitrogens with zero attached hydrogens (tertiary/aromatic N) is 2. The summed E-state index contributed by atoms with van der Waals surface area (Å²) in [5.41, 5.74) is 1.11. The molecule has 1 aromatic carbocycles. The Morgan fingerprint density at radius 1 is 1.34 bits per heavy atom. The number of pyridine rings is 1. The van der Waals surface area contributed by atoms with E-state index in [1.165, 1.54) is 6.20 Å². The number of rotatable bonds is 11. The fourth-order valence-electron chi connectivity index (χ4n) is 4.34. The number of fused-ring (bicyclic) bond motifs is 1. The zero-order valence-corrected chi connectivity index (χ0v) is 20.3. The van der Waals surface area contributed by atoms with Crippen LogP contribution in [0.4, 0.5) is 0 Å². The highest BCUT2D eigenvalue weighted by atomic mass is 35.5. The van der Waals surface area contributed by atoms with Crippen LogP contribution in [0, 0.1) is 11.8 Å². The van der Waals surface area contributed by atoms with Crippen LogP contribution < -0.4 is 4.74 Å². The number of aromatic nitrogens is 1. The number of carbonyl (C=O) groups is 2. The third-order valence-corrected chi connectivity index (χ3v) is 7.56. The minimum Gasteiger partial charge on any atom is -0.497 e. The Kier molecular flexibility index (Phi) is 9.20. The summed E-state index contributed by atoms with van der Waals surface area (Å²) in [7, 11) is 1.57. The van der Waals surface area contributed by atoms with Crippen molar-refractivity contribution in [2.75, 3.05) is 38.2 Å². The van der Waals surface area contributed by atoms with Gasteiger partial charge in [0, 0.05) is 42.4 Å². The fourth-order valence-corrected chi connectivity index (χ4v) is 5.47. The SMILES string of the molecule is CCCSCCN1CC[C@H](CCC(=O)c2c(Cl)cnc3ccc(OC)cc23)[C@H](C(=O)O)C1. The standard InChI is InChI=1S/C24H31ClN2O4S/c1-3-11-32-12-10-27-9-8-16(19(15-27)24(29)30)4-7-22(28)23-18-13-17(31-2)5-6-21(18)26-14-20(23)25/h5-6,13-14,16,19H,3-4,7-12,15H2,1-2H3,(H,29,30)/t16-,19+/m0/s1. The molecule has 174 valence electrons. The van der Waals surface area contributed by atoms with Crippen LogP contribution in [0.3, 0.4) is 0 Å². The number of hydrogen-bond acceptors (Lipinski definition) is 6. The molecule has 0 saturated carbocycles. The molecular formula is C24H31ClN2O4S. The number of methoxy groups -OCH3 is 1. The van der Waals surface area contributed by atoms with Gasteiger partial charge in [0.2, 0.25) is 0 Å². The van der Waals surface area contributed by atoms with E-state index in [1.807, 2.05) is 11.8 Å². The van der Waals surface area contributed by atoms with Crippen molar-refractivity contribution in [1.29, 1.82) is 0 Å². The molecule has 1 aliphatic rings. The number of hydrogen-bond donors (Lipinski definition) is 1. The molecule has 0 amide bonds. The predicted octanol–water partition coefficient (Wildman–Crippen LogP) is 5.03. The summed E-state index contributed by atoms with van der Waals surface area (Å²) >= 11 is 8.27. The predicted molar refractivity (Wildman–Crippen MR) is 130 cm³/mol. The number of benzene rings is 1. The maximum absolute atomic E-state index is 13.2. The summed E-state index contributed by atoms with van der Waals surface area (Å²) < 4.78 is 5.29. The van der Waals surface area contributed by atoms with Gasteiger partial charge in [-0.2, -0.15) is 11.8 Å². The van der Waals surface area contributed by atoms with Crippen LogP contribution in [0.5, 0.6) is 5.75 Å². The van der Waals surface area contributed by atoms with Gasteiger partial charge in [0.05, 0.1) is 23.6 Å². The molecule has 2 heterocycles. The lowest BCUT2D eigenvalue weighted by atomic mass is 9.81. The van der Waals surface area contributed by atoms with Crippen LogP contribution >= 0.6 is 23.4 Å². The van der Waals surface area contributed by atoms with Crippen molar-refractivity contribution in [1.82, 2.24) is 9.88 Å². The Bertz CT molecular complexity index is 955. The zero-order valence-electron chi connectivity index (χ0n) is 18.7. The molecule has 2 aromatic rings.